The van der Waals surface area contributed by atoms with Gasteiger partial charge in [0.15, 0.2) is 0 Å². The largest absolute Gasteiger partial charge is 0.480 e. The Morgan fingerprint density at radius 3 is 2.44 bits per heavy atom. The molecule has 84 valence electrons. The third-order valence-electron chi connectivity index (χ3n) is 1.76. The molecule has 0 saturated carbocycles. The van der Waals surface area contributed by atoms with E-state index in [1.54, 1.807) is 24.3 Å². The number of hydroxylamine groups is 2. The summed E-state index contributed by atoms with van der Waals surface area (Å²) in [6, 6.07) is 9.00. The quantitative estimate of drug-likeness (QED) is 0.451. The van der Waals surface area contributed by atoms with Gasteiger partial charge in [0, 0.05) is 6.08 Å². The third kappa shape index (κ3) is 3.93. The lowest BCUT2D eigenvalue weighted by atomic mass is 10.2. The van der Waals surface area contributed by atoms with E-state index in [-0.39, 0.29) is 5.06 Å². The number of benzene rings is 1. The standard InChI is InChI=1S/C11H11NO4/c13-10(12(16)8-11(14)15)7-6-9-4-2-1-3-5-9/h1-7,16H,8H2,(H,14,15). The number of aliphatic carboxylic acids is 1. The highest BCUT2D eigenvalue weighted by molar-refractivity contribution is 5.92. The van der Waals surface area contributed by atoms with Crippen molar-refractivity contribution in [1.29, 1.82) is 0 Å². The summed E-state index contributed by atoms with van der Waals surface area (Å²) in [6.07, 6.45) is 2.60. The molecule has 0 bridgehead atoms. The summed E-state index contributed by atoms with van der Waals surface area (Å²) >= 11 is 0. The molecular weight excluding hydrogens is 210 g/mol. The minimum absolute atomic E-state index is 0.141. The zero-order valence-electron chi connectivity index (χ0n) is 8.41. The first-order chi connectivity index (χ1) is 7.59. The highest BCUT2D eigenvalue weighted by Crippen LogP contribution is 2.01. The summed E-state index contributed by atoms with van der Waals surface area (Å²) in [5.74, 6) is -2.05. The Bertz CT molecular complexity index is 400. The summed E-state index contributed by atoms with van der Waals surface area (Å²) in [5, 5.41) is 17.5. The third-order valence-corrected chi connectivity index (χ3v) is 1.76. The normalized spacial score (nSPS) is 10.3. The second kappa shape index (κ2) is 5.67. The smallest absolute Gasteiger partial charge is 0.325 e. The number of nitrogens with zero attached hydrogens (tertiary/aromatic N) is 1. The first kappa shape index (κ1) is 11.9. The number of rotatable bonds is 4. The summed E-state index contributed by atoms with van der Waals surface area (Å²) in [4.78, 5) is 21.4. The van der Waals surface area contributed by atoms with Gasteiger partial charge in [0.25, 0.3) is 5.91 Å². The lowest BCUT2D eigenvalue weighted by Gasteiger charge is -2.08. The molecule has 5 nitrogen and oxygen atoms in total. The average molecular weight is 221 g/mol. The monoisotopic (exact) mass is 221 g/mol. The molecule has 5 heteroatoms. The van der Waals surface area contributed by atoms with Crippen LogP contribution in [0.3, 0.4) is 0 Å². The maximum atomic E-state index is 11.2. The molecule has 2 N–H and O–H groups in total. The Morgan fingerprint density at radius 2 is 1.88 bits per heavy atom. The highest BCUT2D eigenvalue weighted by Gasteiger charge is 2.10. The fraction of sp³-hybridized carbons (Fsp3) is 0.0909. The van der Waals surface area contributed by atoms with Crippen LogP contribution < -0.4 is 0 Å². The van der Waals surface area contributed by atoms with Gasteiger partial charge in [-0.1, -0.05) is 30.3 Å². The molecule has 0 radical (unpaired) electrons. The molecule has 1 rings (SSSR count). The zero-order chi connectivity index (χ0) is 12.0. The number of carboxylic acid groups (broad SMARTS) is 1. The van der Waals surface area contributed by atoms with Gasteiger partial charge in [-0.3, -0.25) is 14.8 Å². The molecule has 1 aromatic carbocycles. The van der Waals surface area contributed by atoms with Crippen LogP contribution in [0.15, 0.2) is 36.4 Å². The SMILES string of the molecule is O=C(O)CN(O)C(=O)C=Cc1ccccc1. The molecule has 1 amide bonds. The summed E-state index contributed by atoms with van der Waals surface area (Å²) in [7, 11) is 0. The van der Waals surface area contributed by atoms with Crippen molar-refractivity contribution in [2.24, 2.45) is 0 Å². The van der Waals surface area contributed by atoms with E-state index in [2.05, 4.69) is 0 Å². The Morgan fingerprint density at radius 1 is 1.25 bits per heavy atom. The van der Waals surface area contributed by atoms with Gasteiger partial charge in [0.05, 0.1) is 0 Å². The molecule has 0 unspecified atom stereocenters. The highest BCUT2D eigenvalue weighted by atomic mass is 16.5. The van der Waals surface area contributed by atoms with Crippen molar-refractivity contribution >= 4 is 18.0 Å². The van der Waals surface area contributed by atoms with E-state index in [4.69, 9.17) is 10.3 Å². The van der Waals surface area contributed by atoms with Crippen molar-refractivity contribution in [3.8, 4) is 0 Å². The fourth-order valence-electron chi connectivity index (χ4n) is 1.02. The number of carbonyl (C=O) groups excluding carboxylic acids is 1. The van der Waals surface area contributed by atoms with E-state index < -0.39 is 18.4 Å². The van der Waals surface area contributed by atoms with Gasteiger partial charge in [0.1, 0.15) is 6.54 Å². The maximum Gasteiger partial charge on any atom is 0.325 e. The van der Waals surface area contributed by atoms with Gasteiger partial charge in [0.2, 0.25) is 0 Å². The van der Waals surface area contributed by atoms with Crippen molar-refractivity contribution in [3.63, 3.8) is 0 Å². The molecule has 0 fully saturated rings. The van der Waals surface area contributed by atoms with Crippen LogP contribution in [0.5, 0.6) is 0 Å². The van der Waals surface area contributed by atoms with Crippen LogP contribution in [0, 0.1) is 0 Å². The lowest BCUT2D eigenvalue weighted by molar-refractivity contribution is -0.168. The summed E-state index contributed by atoms with van der Waals surface area (Å²) in [5.41, 5.74) is 0.791. The van der Waals surface area contributed by atoms with E-state index in [1.807, 2.05) is 6.07 Å². The molecule has 16 heavy (non-hydrogen) atoms. The molecular formula is C11H11NO4. The minimum Gasteiger partial charge on any atom is -0.480 e. The molecule has 1 aromatic rings. The van der Waals surface area contributed by atoms with Crippen LogP contribution in [0.2, 0.25) is 0 Å². The van der Waals surface area contributed by atoms with Crippen LogP contribution >= 0.6 is 0 Å². The van der Waals surface area contributed by atoms with Crippen LogP contribution in [0.4, 0.5) is 0 Å². The Balaban J connectivity index is 2.57. The fourth-order valence-corrected chi connectivity index (χ4v) is 1.02. The predicted molar refractivity (Wildman–Crippen MR) is 56.6 cm³/mol. The number of hydrogen-bond donors (Lipinski definition) is 2. The number of carbonyl (C=O) groups is 2. The Kier molecular flexibility index (Phi) is 4.23. The molecule has 0 aliphatic carbocycles. The molecule has 0 aromatic heterocycles. The van der Waals surface area contributed by atoms with Gasteiger partial charge in [-0.05, 0) is 11.6 Å². The van der Waals surface area contributed by atoms with Gasteiger partial charge in [-0.15, -0.1) is 0 Å². The van der Waals surface area contributed by atoms with Crippen LogP contribution in [0.1, 0.15) is 5.56 Å². The van der Waals surface area contributed by atoms with Crippen molar-refractivity contribution in [1.82, 2.24) is 5.06 Å². The first-order valence-corrected chi connectivity index (χ1v) is 4.55. The van der Waals surface area contributed by atoms with Crippen molar-refractivity contribution in [2.75, 3.05) is 6.54 Å². The van der Waals surface area contributed by atoms with Crippen molar-refractivity contribution in [2.45, 2.75) is 0 Å². The predicted octanol–water partition coefficient (Wildman–Crippen LogP) is 1.00. The van der Waals surface area contributed by atoms with Crippen LogP contribution in [-0.2, 0) is 9.59 Å². The van der Waals surface area contributed by atoms with E-state index >= 15 is 0 Å². The Labute approximate surface area is 92.2 Å². The Hall–Kier alpha value is -2.14. The molecule has 0 aliphatic rings. The van der Waals surface area contributed by atoms with Gasteiger partial charge >= 0.3 is 5.97 Å². The number of hydrogen-bond acceptors (Lipinski definition) is 3. The zero-order valence-corrected chi connectivity index (χ0v) is 8.41. The topological polar surface area (TPSA) is 77.8 Å². The van der Waals surface area contributed by atoms with Gasteiger partial charge in [-0.2, -0.15) is 0 Å². The molecule has 0 spiro atoms. The van der Waals surface area contributed by atoms with Gasteiger partial charge < -0.3 is 5.11 Å². The van der Waals surface area contributed by atoms with E-state index in [0.717, 1.165) is 11.6 Å². The molecule has 0 heterocycles. The number of carboxylic acids is 1. The van der Waals surface area contributed by atoms with E-state index in [1.165, 1.54) is 6.08 Å². The lowest BCUT2D eigenvalue weighted by Crippen LogP contribution is -2.31. The molecule has 0 saturated heterocycles. The first-order valence-electron chi connectivity index (χ1n) is 4.55. The molecule has 0 atom stereocenters. The molecule has 0 aliphatic heterocycles. The van der Waals surface area contributed by atoms with E-state index in [9.17, 15) is 9.59 Å². The number of amides is 1. The summed E-state index contributed by atoms with van der Waals surface area (Å²) < 4.78 is 0. The second-order valence-corrected chi connectivity index (χ2v) is 3.03. The van der Waals surface area contributed by atoms with Crippen LogP contribution in [-0.4, -0.2) is 33.8 Å². The average Bonchev–Trinajstić information content (AvgIpc) is 2.26. The minimum atomic E-state index is -1.27. The van der Waals surface area contributed by atoms with Crippen molar-refractivity contribution < 1.29 is 19.9 Å². The maximum absolute atomic E-state index is 11.2. The van der Waals surface area contributed by atoms with E-state index in [0.29, 0.717) is 0 Å². The summed E-state index contributed by atoms with van der Waals surface area (Å²) in [6.45, 7) is -0.738. The van der Waals surface area contributed by atoms with Crippen molar-refractivity contribution in [3.05, 3.63) is 42.0 Å². The van der Waals surface area contributed by atoms with Gasteiger partial charge in [-0.25, -0.2) is 5.06 Å². The second-order valence-electron chi connectivity index (χ2n) is 3.03. The van der Waals surface area contributed by atoms with Crippen LogP contribution in [0.25, 0.3) is 6.08 Å².